The normalized spacial score (nSPS) is 11.9. The van der Waals surface area contributed by atoms with Crippen molar-refractivity contribution in [3.8, 4) is 11.5 Å². The minimum Gasteiger partial charge on any atom is -0.493 e. The Balaban J connectivity index is 2.76. The quantitative estimate of drug-likeness (QED) is 0.657. The molecule has 0 saturated carbocycles. The summed E-state index contributed by atoms with van der Waals surface area (Å²) in [5.41, 5.74) is 0.684. The summed E-state index contributed by atoms with van der Waals surface area (Å²) in [5.74, 6) is 0.369. The molecule has 1 rings (SSSR count). The van der Waals surface area contributed by atoms with Crippen molar-refractivity contribution in [2.75, 3.05) is 20.3 Å². The number of carbonyl (C=O) groups excluding carboxylic acids is 2. The van der Waals surface area contributed by atoms with Crippen molar-refractivity contribution in [1.82, 2.24) is 10.6 Å². The van der Waals surface area contributed by atoms with Crippen LogP contribution in [0.4, 0.5) is 0 Å². The number of hydrogen-bond acceptors (Lipinski definition) is 4. The van der Waals surface area contributed by atoms with E-state index < -0.39 is 6.04 Å². The smallest absolute Gasteiger partial charge is 0.244 e. The maximum Gasteiger partial charge on any atom is 0.244 e. The molecule has 0 radical (unpaired) electrons. The summed E-state index contributed by atoms with van der Waals surface area (Å²) in [5, 5.41) is 5.73. The van der Waals surface area contributed by atoms with Gasteiger partial charge in [0.1, 0.15) is 6.04 Å². The summed E-state index contributed by atoms with van der Waals surface area (Å²) in [4.78, 5) is 23.7. The average molecular weight is 369 g/mol. The van der Waals surface area contributed by atoms with Gasteiger partial charge in [-0.05, 0) is 44.0 Å². The SMILES string of the molecule is CCCNC(=O)[C@H](C)NC(=O)/C=C/c1cc(Cl)c(OCC)c(OC)c1. The van der Waals surface area contributed by atoms with Crippen LogP contribution in [0.15, 0.2) is 18.2 Å². The Morgan fingerprint density at radius 1 is 1.32 bits per heavy atom. The minimum absolute atomic E-state index is 0.214. The van der Waals surface area contributed by atoms with Gasteiger partial charge in [0.25, 0.3) is 0 Å². The second kappa shape index (κ2) is 10.6. The average Bonchev–Trinajstić information content (AvgIpc) is 2.59. The van der Waals surface area contributed by atoms with Crippen LogP contribution in [0.1, 0.15) is 32.8 Å². The van der Waals surface area contributed by atoms with Gasteiger partial charge in [0.15, 0.2) is 11.5 Å². The highest BCUT2D eigenvalue weighted by atomic mass is 35.5. The molecule has 0 unspecified atom stereocenters. The molecule has 2 amide bonds. The zero-order chi connectivity index (χ0) is 18.8. The Labute approximate surface area is 153 Å². The van der Waals surface area contributed by atoms with Crippen molar-refractivity contribution < 1.29 is 19.1 Å². The van der Waals surface area contributed by atoms with Gasteiger partial charge in [-0.3, -0.25) is 9.59 Å². The molecular formula is C18H25ClN2O4. The molecule has 0 saturated heterocycles. The predicted molar refractivity (Wildman–Crippen MR) is 99.1 cm³/mol. The molecule has 2 N–H and O–H groups in total. The van der Waals surface area contributed by atoms with E-state index in [4.69, 9.17) is 21.1 Å². The van der Waals surface area contributed by atoms with E-state index in [-0.39, 0.29) is 11.8 Å². The largest absolute Gasteiger partial charge is 0.493 e. The van der Waals surface area contributed by atoms with Gasteiger partial charge in [0, 0.05) is 12.6 Å². The van der Waals surface area contributed by atoms with Crippen LogP contribution >= 0.6 is 11.6 Å². The van der Waals surface area contributed by atoms with Gasteiger partial charge in [-0.2, -0.15) is 0 Å². The number of methoxy groups -OCH3 is 1. The van der Waals surface area contributed by atoms with E-state index in [2.05, 4.69) is 10.6 Å². The van der Waals surface area contributed by atoms with Gasteiger partial charge < -0.3 is 20.1 Å². The first-order valence-corrected chi connectivity index (χ1v) is 8.57. The maximum absolute atomic E-state index is 11.9. The van der Waals surface area contributed by atoms with Crippen molar-refractivity contribution in [1.29, 1.82) is 0 Å². The Kier molecular flexibility index (Phi) is 8.84. The lowest BCUT2D eigenvalue weighted by molar-refractivity contribution is -0.126. The first-order valence-electron chi connectivity index (χ1n) is 8.19. The second-order valence-electron chi connectivity index (χ2n) is 5.32. The number of benzene rings is 1. The van der Waals surface area contributed by atoms with Crippen LogP contribution in [-0.4, -0.2) is 38.1 Å². The number of amides is 2. The van der Waals surface area contributed by atoms with E-state index in [1.54, 1.807) is 25.1 Å². The van der Waals surface area contributed by atoms with E-state index in [9.17, 15) is 9.59 Å². The molecule has 0 spiro atoms. The second-order valence-corrected chi connectivity index (χ2v) is 5.73. The van der Waals surface area contributed by atoms with Crippen LogP contribution in [0.5, 0.6) is 11.5 Å². The molecule has 0 fully saturated rings. The third kappa shape index (κ3) is 6.66. The number of hydrogen-bond donors (Lipinski definition) is 2. The van der Waals surface area contributed by atoms with Crippen molar-refractivity contribution >= 4 is 29.5 Å². The van der Waals surface area contributed by atoms with Gasteiger partial charge in [-0.15, -0.1) is 0 Å². The summed E-state index contributed by atoms with van der Waals surface area (Å²) in [6, 6.07) is 2.79. The minimum atomic E-state index is -0.609. The zero-order valence-electron chi connectivity index (χ0n) is 15.0. The highest BCUT2D eigenvalue weighted by Gasteiger charge is 2.14. The van der Waals surface area contributed by atoms with E-state index >= 15 is 0 Å². The molecule has 0 aliphatic rings. The third-order valence-electron chi connectivity index (χ3n) is 3.27. The molecule has 0 bridgehead atoms. The fraction of sp³-hybridized carbons (Fsp3) is 0.444. The van der Waals surface area contributed by atoms with E-state index in [0.29, 0.717) is 35.2 Å². The summed E-state index contributed by atoms with van der Waals surface area (Å²) in [6.07, 6.45) is 3.78. The van der Waals surface area contributed by atoms with Gasteiger partial charge in [0.2, 0.25) is 11.8 Å². The molecule has 1 aromatic rings. The number of rotatable bonds is 9. The van der Waals surface area contributed by atoms with Crippen LogP contribution < -0.4 is 20.1 Å². The predicted octanol–water partition coefficient (Wildman–Crippen LogP) is 2.79. The number of ether oxygens (including phenoxy) is 2. The van der Waals surface area contributed by atoms with Crippen LogP contribution in [-0.2, 0) is 9.59 Å². The Morgan fingerprint density at radius 3 is 2.64 bits per heavy atom. The molecule has 0 aliphatic carbocycles. The molecule has 1 aromatic carbocycles. The van der Waals surface area contributed by atoms with Crippen molar-refractivity contribution in [3.05, 3.63) is 28.8 Å². The van der Waals surface area contributed by atoms with Gasteiger partial charge in [-0.1, -0.05) is 18.5 Å². The lowest BCUT2D eigenvalue weighted by Gasteiger charge is -2.13. The van der Waals surface area contributed by atoms with Crippen molar-refractivity contribution in [2.24, 2.45) is 0 Å². The summed E-state index contributed by atoms with van der Waals surface area (Å²) < 4.78 is 10.7. The molecule has 138 valence electrons. The molecule has 6 nitrogen and oxygen atoms in total. The molecule has 0 heterocycles. The topological polar surface area (TPSA) is 76.7 Å². The molecule has 0 aliphatic heterocycles. The third-order valence-corrected chi connectivity index (χ3v) is 3.55. The maximum atomic E-state index is 11.9. The number of carbonyl (C=O) groups is 2. The lowest BCUT2D eigenvalue weighted by atomic mass is 10.2. The lowest BCUT2D eigenvalue weighted by Crippen LogP contribution is -2.44. The Morgan fingerprint density at radius 2 is 2.04 bits per heavy atom. The first kappa shape index (κ1) is 20.8. The number of halogens is 1. The monoisotopic (exact) mass is 368 g/mol. The highest BCUT2D eigenvalue weighted by Crippen LogP contribution is 2.36. The van der Waals surface area contributed by atoms with E-state index in [1.807, 2.05) is 13.8 Å². The van der Waals surface area contributed by atoms with Gasteiger partial charge >= 0.3 is 0 Å². The Bertz CT molecular complexity index is 632. The zero-order valence-corrected chi connectivity index (χ0v) is 15.8. The first-order chi connectivity index (χ1) is 11.9. The standard InChI is InChI=1S/C18H25ClN2O4/c1-5-9-20-18(23)12(3)21-16(22)8-7-13-10-14(19)17(25-6-2)15(11-13)24-4/h7-8,10-12H,5-6,9H2,1-4H3,(H,20,23)(H,21,22)/b8-7+/t12-/m0/s1. The summed E-state index contributed by atoms with van der Waals surface area (Å²) in [7, 11) is 1.52. The number of nitrogens with one attached hydrogen (secondary N) is 2. The fourth-order valence-corrected chi connectivity index (χ4v) is 2.29. The fourth-order valence-electron chi connectivity index (χ4n) is 2.02. The van der Waals surface area contributed by atoms with Crippen molar-refractivity contribution in [3.63, 3.8) is 0 Å². The highest BCUT2D eigenvalue weighted by molar-refractivity contribution is 6.32. The van der Waals surface area contributed by atoms with E-state index in [1.165, 1.54) is 13.2 Å². The molecule has 0 aromatic heterocycles. The van der Waals surface area contributed by atoms with E-state index in [0.717, 1.165) is 6.42 Å². The molecular weight excluding hydrogens is 344 g/mol. The van der Waals surface area contributed by atoms with Crippen LogP contribution in [0.2, 0.25) is 5.02 Å². The van der Waals surface area contributed by atoms with Gasteiger partial charge in [0.05, 0.1) is 18.7 Å². The van der Waals surface area contributed by atoms with Crippen LogP contribution in [0.3, 0.4) is 0 Å². The van der Waals surface area contributed by atoms with Gasteiger partial charge in [-0.25, -0.2) is 0 Å². The summed E-state index contributed by atoms with van der Waals surface area (Å²) in [6.45, 7) is 6.49. The molecule has 25 heavy (non-hydrogen) atoms. The summed E-state index contributed by atoms with van der Waals surface area (Å²) >= 11 is 6.19. The van der Waals surface area contributed by atoms with Crippen LogP contribution in [0.25, 0.3) is 6.08 Å². The van der Waals surface area contributed by atoms with Crippen LogP contribution in [0, 0.1) is 0 Å². The Hall–Kier alpha value is -2.21. The van der Waals surface area contributed by atoms with Crippen molar-refractivity contribution in [2.45, 2.75) is 33.2 Å². The molecule has 7 heteroatoms. The molecule has 1 atom stereocenters.